The summed E-state index contributed by atoms with van der Waals surface area (Å²) in [6.07, 6.45) is 0.388. The van der Waals surface area contributed by atoms with E-state index in [2.05, 4.69) is 16.0 Å². The number of benzene rings is 3. The lowest BCUT2D eigenvalue weighted by Crippen LogP contribution is -2.51. The molecule has 7 N–H and O–H groups in total. The first-order valence-electron chi connectivity index (χ1n) is 18.7. The monoisotopic (exact) mass is 800 g/mol. The number of fused-ring (bicyclic) bond motifs is 1. The summed E-state index contributed by atoms with van der Waals surface area (Å²) in [6.45, 7) is 0.837. The van der Waals surface area contributed by atoms with Gasteiger partial charge in [0.15, 0.2) is 0 Å². The second kappa shape index (κ2) is 17.4. The number of nitrogens with two attached hydrogens (primary N) is 2. The molecule has 3 atom stereocenters. The summed E-state index contributed by atoms with van der Waals surface area (Å²) >= 11 is 0. The van der Waals surface area contributed by atoms with Gasteiger partial charge < -0.3 is 41.2 Å². The fourth-order valence-electron chi connectivity index (χ4n) is 7.47. The number of Topliss-reactive ketones (excluding diaryl/α,β-unsaturated/α-hetero) is 1. The van der Waals surface area contributed by atoms with Gasteiger partial charge in [-0.1, -0.05) is 60.7 Å². The van der Waals surface area contributed by atoms with Crippen LogP contribution >= 0.6 is 0 Å². The molecule has 3 aliphatic rings. The van der Waals surface area contributed by atoms with E-state index in [-0.39, 0.29) is 25.3 Å². The maximum atomic E-state index is 14.5. The fourth-order valence-corrected chi connectivity index (χ4v) is 7.47. The van der Waals surface area contributed by atoms with Crippen LogP contribution in [0.5, 0.6) is 5.75 Å². The van der Waals surface area contributed by atoms with Gasteiger partial charge in [0, 0.05) is 44.6 Å². The number of carbonyl (C=O) groups excluding carboxylic acids is 6. The van der Waals surface area contributed by atoms with Crippen molar-refractivity contribution in [1.82, 2.24) is 30.8 Å². The summed E-state index contributed by atoms with van der Waals surface area (Å²) in [7, 11) is 1.48. The fraction of sp³-hybridized carbons (Fsp3) is 0.366. The van der Waals surface area contributed by atoms with Crippen LogP contribution in [0.25, 0.3) is 5.70 Å². The van der Waals surface area contributed by atoms with Gasteiger partial charge in [0.05, 0.1) is 32.4 Å². The van der Waals surface area contributed by atoms with E-state index >= 15 is 0 Å². The molecule has 3 aliphatic heterocycles. The Morgan fingerprint density at radius 1 is 1.02 bits per heavy atom. The molecule has 306 valence electrons. The topological polar surface area (TPSA) is 210 Å². The SMILES string of the molecule is COc1cc(CNC(=O)C(=O)C2CC(F)(F)CN2C(=O)CNC(=O)C2C[C@@H](CC(=O)N3Cc4cccc(CN(N)/C=C(\N)c5ccccc5)c4C3)C(=O)N2)ccc1C. The highest BCUT2D eigenvalue weighted by molar-refractivity contribution is 6.38. The minimum atomic E-state index is -3.44. The molecular weight excluding hydrogens is 754 g/mol. The molecule has 6 rings (SSSR count). The number of hydrogen-bond donors (Lipinski definition) is 5. The van der Waals surface area contributed by atoms with E-state index in [1.807, 2.05) is 55.5 Å². The van der Waals surface area contributed by atoms with Crippen molar-refractivity contribution in [2.75, 3.05) is 20.2 Å². The van der Waals surface area contributed by atoms with Crippen LogP contribution in [0.1, 0.15) is 52.6 Å². The third kappa shape index (κ3) is 9.59. The Morgan fingerprint density at radius 2 is 1.78 bits per heavy atom. The summed E-state index contributed by atoms with van der Waals surface area (Å²) in [4.78, 5) is 80.4. The van der Waals surface area contributed by atoms with Crippen molar-refractivity contribution in [3.63, 3.8) is 0 Å². The van der Waals surface area contributed by atoms with Crippen molar-refractivity contribution in [2.45, 2.75) is 70.4 Å². The maximum absolute atomic E-state index is 14.5. The molecule has 0 aliphatic carbocycles. The van der Waals surface area contributed by atoms with Gasteiger partial charge in [0.1, 0.15) is 17.8 Å². The standard InChI is InChI=1S/C41H46F2N8O7/c1-24-11-12-25(13-34(24)58-2)17-46-40(57)37(54)33-16-41(42,43)23-51(33)36(53)18-47-39(56)32-14-29(38(55)48-32)15-35(52)49-19-27-9-6-10-28(30(27)21-49)20-50(45)22-31(44)26-7-4-3-5-8-26/h3-13,22,29,32-33H,14-21,23,44-45H2,1-2H3,(H,46,57)(H,47,56)(H,48,55)/b31-22-/t29-,32?,33?/m0/s1. The Bertz CT molecular complexity index is 2130. The Morgan fingerprint density at radius 3 is 2.52 bits per heavy atom. The van der Waals surface area contributed by atoms with Crippen LogP contribution in [-0.2, 0) is 54.9 Å². The number of carbonyl (C=O) groups is 6. The van der Waals surface area contributed by atoms with Gasteiger partial charge in [0.2, 0.25) is 29.4 Å². The van der Waals surface area contributed by atoms with E-state index in [0.717, 1.165) is 27.8 Å². The van der Waals surface area contributed by atoms with E-state index in [1.54, 1.807) is 29.3 Å². The Labute approximate surface area is 333 Å². The third-order valence-electron chi connectivity index (χ3n) is 10.6. The van der Waals surface area contributed by atoms with Gasteiger partial charge in [-0.15, -0.1) is 0 Å². The van der Waals surface area contributed by atoms with Gasteiger partial charge in [-0.3, -0.25) is 28.8 Å². The number of hydrogen-bond acceptors (Lipinski definition) is 10. The molecular formula is C41H46F2N8O7. The largest absolute Gasteiger partial charge is 0.496 e. The summed E-state index contributed by atoms with van der Waals surface area (Å²) < 4.78 is 34.3. The summed E-state index contributed by atoms with van der Waals surface area (Å²) in [5, 5.41) is 8.78. The number of alkyl halides is 2. The summed E-state index contributed by atoms with van der Waals surface area (Å²) in [5.41, 5.74) is 11.8. The minimum Gasteiger partial charge on any atom is -0.496 e. The first-order chi connectivity index (χ1) is 27.6. The van der Waals surface area contributed by atoms with E-state index in [1.165, 1.54) is 12.1 Å². The number of halogens is 2. The van der Waals surface area contributed by atoms with Crippen molar-refractivity contribution >= 4 is 41.0 Å². The molecule has 2 unspecified atom stereocenters. The lowest BCUT2D eigenvalue weighted by molar-refractivity contribution is -0.144. The molecule has 58 heavy (non-hydrogen) atoms. The molecule has 15 nitrogen and oxygen atoms in total. The Balaban J connectivity index is 0.983. The van der Waals surface area contributed by atoms with Crippen molar-refractivity contribution in [3.05, 3.63) is 106 Å². The van der Waals surface area contributed by atoms with Gasteiger partial charge in [0.25, 0.3) is 11.8 Å². The van der Waals surface area contributed by atoms with E-state index in [4.69, 9.17) is 16.3 Å². The molecule has 0 spiro atoms. The number of likely N-dealkylation sites (tertiary alicyclic amines) is 1. The molecule has 17 heteroatoms. The van der Waals surface area contributed by atoms with E-state index in [0.29, 0.717) is 41.5 Å². The number of hydrazine groups is 1. The molecule has 0 saturated carbocycles. The molecule has 0 bridgehead atoms. The highest BCUT2D eigenvalue weighted by atomic mass is 19.3. The van der Waals surface area contributed by atoms with Crippen LogP contribution in [0.2, 0.25) is 0 Å². The number of ketones is 1. The molecule has 2 saturated heterocycles. The normalized spacial score (nSPS) is 19.6. The minimum absolute atomic E-state index is 0.0378. The smallest absolute Gasteiger partial charge is 0.289 e. The van der Waals surface area contributed by atoms with E-state index in [9.17, 15) is 37.5 Å². The quantitative estimate of drug-likeness (QED) is 0.0904. The maximum Gasteiger partial charge on any atom is 0.289 e. The molecule has 0 aromatic heterocycles. The number of rotatable bonds is 14. The average molecular weight is 801 g/mol. The third-order valence-corrected chi connectivity index (χ3v) is 10.6. The van der Waals surface area contributed by atoms with Gasteiger partial charge in [-0.2, -0.15) is 0 Å². The van der Waals surface area contributed by atoms with Gasteiger partial charge in [-0.25, -0.2) is 14.6 Å². The zero-order valence-electron chi connectivity index (χ0n) is 32.1. The lowest BCUT2D eigenvalue weighted by Gasteiger charge is -2.23. The number of amides is 5. The number of ether oxygens (including phenoxy) is 1. The number of aryl methyl sites for hydroxylation is 1. The van der Waals surface area contributed by atoms with Crippen molar-refractivity contribution < 1.29 is 42.3 Å². The van der Waals surface area contributed by atoms with Crippen molar-refractivity contribution in [2.24, 2.45) is 17.5 Å². The van der Waals surface area contributed by atoms with Crippen molar-refractivity contribution in [3.8, 4) is 5.75 Å². The van der Waals surface area contributed by atoms with Crippen LogP contribution < -0.4 is 32.3 Å². The molecule has 5 amide bonds. The zero-order valence-corrected chi connectivity index (χ0v) is 32.1. The number of nitrogens with one attached hydrogen (secondary N) is 3. The summed E-state index contributed by atoms with van der Waals surface area (Å²) in [6, 6.07) is 17.4. The molecule has 3 aromatic carbocycles. The number of methoxy groups -OCH3 is 1. The van der Waals surface area contributed by atoms with Crippen molar-refractivity contribution in [1.29, 1.82) is 0 Å². The Hall–Kier alpha value is -6.36. The van der Waals surface area contributed by atoms with E-state index < -0.39 is 72.8 Å². The molecule has 3 aromatic rings. The van der Waals surface area contributed by atoms with Crippen LogP contribution in [0.3, 0.4) is 0 Å². The predicted octanol–water partition coefficient (Wildman–Crippen LogP) is 1.61. The Kier molecular flexibility index (Phi) is 12.4. The first kappa shape index (κ1) is 41.3. The van der Waals surface area contributed by atoms with Gasteiger partial charge >= 0.3 is 0 Å². The predicted molar refractivity (Wildman–Crippen MR) is 206 cm³/mol. The highest BCUT2D eigenvalue weighted by Gasteiger charge is 2.51. The average Bonchev–Trinajstić information content (AvgIpc) is 3.91. The van der Waals surface area contributed by atoms with Crippen LogP contribution in [0.15, 0.2) is 72.9 Å². The van der Waals surface area contributed by atoms with Gasteiger partial charge in [-0.05, 0) is 52.8 Å². The second-order valence-electron chi connectivity index (χ2n) is 14.8. The highest BCUT2D eigenvalue weighted by Crippen LogP contribution is 2.33. The first-order valence-corrected chi connectivity index (χ1v) is 18.7. The zero-order chi connectivity index (χ0) is 41.7. The molecule has 2 fully saturated rings. The number of nitrogens with zero attached hydrogens (tertiary/aromatic N) is 3. The van der Waals surface area contributed by atoms with Crippen LogP contribution in [0, 0.1) is 12.8 Å². The molecule has 3 heterocycles. The van der Waals surface area contributed by atoms with Crippen LogP contribution in [-0.4, -0.2) is 88.3 Å². The lowest BCUT2D eigenvalue weighted by atomic mass is 10.00. The second-order valence-corrected chi connectivity index (χ2v) is 14.8. The van der Waals surface area contributed by atoms with Crippen LogP contribution in [0.4, 0.5) is 8.78 Å². The molecule has 0 radical (unpaired) electrons. The summed E-state index contributed by atoms with van der Waals surface area (Å²) in [5.74, 6) is -2.35.